The van der Waals surface area contributed by atoms with Gasteiger partial charge in [-0.05, 0) is 35.3 Å². The lowest BCUT2D eigenvalue weighted by atomic mass is 10.0. The van der Waals surface area contributed by atoms with Crippen molar-refractivity contribution in [1.29, 1.82) is 0 Å². The summed E-state index contributed by atoms with van der Waals surface area (Å²) < 4.78 is 16.1. The Kier molecular flexibility index (Phi) is 2.16. The van der Waals surface area contributed by atoms with Gasteiger partial charge >= 0.3 is 0 Å². The quantitative estimate of drug-likeness (QED) is 0.737. The molecular weight excluding hydrogens is 260 g/mol. The largest absolute Gasteiger partial charge is 0.454 e. The van der Waals surface area contributed by atoms with Crippen LogP contribution in [0.2, 0.25) is 0 Å². The number of fused-ring (bicyclic) bond motifs is 2. The summed E-state index contributed by atoms with van der Waals surface area (Å²) in [5.74, 6) is 2.16. The standard InChI is InChI=1S/C14H10N2O2S/c15-14-10-3-1-2-9(13(10)19-16-14)8-4-5-11-12(6-8)18-7-17-11/h1-6H,7H2,(H2,15,16). The molecular formula is C14H10N2O2S. The first-order valence-corrected chi connectivity index (χ1v) is 6.64. The van der Waals surface area contributed by atoms with Crippen molar-refractivity contribution in [3.63, 3.8) is 0 Å². The predicted octanol–water partition coefficient (Wildman–Crippen LogP) is 3.27. The molecule has 0 radical (unpaired) electrons. The third-order valence-electron chi connectivity index (χ3n) is 3.21. The van der Waals surface area contributed by atoms with Gasteiger partial charge in [-0.25, -0.2) is 0 Å². The second-order valence-corrected chi connectivity index (χ2v) is 5.09. The Morgan fingerprint density at radius 1 is 1.11 bits per heavy atom. The number of aromatic nitrogens is 1. The maximum absolute atomic E-state index is 5.87. The first kappa shape index (κ1) is 10.6. The smallest absolute Gasteiger partial charge is 0.231 e. The van der Waals surface area contributed by atoms with Crippen LogP contribution >= 0.6 is 11.5 Å². The third kappa shape index (κ3) is 1.55. The van der Waals surface area contributed by atoms with E-state index in [1.165, 1.54) is 11.5 Å². The van der Waals surface area contributed by atoms with Crippen LogP contribution in [0.4, 0.5) is 5.82 Å². The number of benzene rings is 2. The molecule has 0 spiro atoms. The van der Waals surface area contributed by atoms with Crippen LogP contribution in [0.1, 0.15) is 0 Å². The molecule has 1 aliphatic heterocycles. The number of rotatable bonds is 1. The van der Waals surface area contributed by atoms with Crippen molar-refractivity contribution in [3.8, 4) is 22.6 Å². The van der Waals surface area contributed by atoms with E-state index in [-0.39, 0.29) is 6.79 Å². The topological polar surface area (TPSA) is 57.4 Å². The van der Waals surface area contributed by atoms with Gasteiger partial charge in [0.05, 0.1) is 4.70 Å². The molecule has 0 amide bonds. The Hall–Kier alpha value is -2.27. The minimum Gasteiger partial charge on any atom is -0.454 e. The zero-order valence-electron chi connectivity index (χ0n) is 9.92. The molecule has 94 valence electrons. The summed E-state index contributed by atoms with van der Waals surface area (Å²) in [4.78, 5) is 0. The molecule has 0 atom stereocenters. The Labute approximate surface area is 113 Å². The van der Waals surface area contributed by atoms with Crippen molar-refractivity contribution in [2.24, 2.45) is 0 Å². The van der Waals surface area contributed by atoms with Crippen LogP contribution < -0.4 is 15.2 Å². The summed E-state index contributed by atoms with van der Waals surface area (Å²) >= 11 is 1.42. The number of hydrogen-bond donors (Lipinski definition) is 1. The van der Waals surface area contributed by atoms with Crippen molar-refractivity contribution < 1.29 is 9.47 Å². The van der Waals surface area contributed by atoms with Crippen LogP contribution in [-0.4, -0.2) is 11.2 Å². The number of anilines is 1. The maximum Gasteiger partial charge on any atom is 0.231 e. The van der Waals surface area contributed by atoms with Crippen molar-refractivity contribution in [2.75, 3.05) is 12.5 Å². The summed E-state index contributed by atoms with van der Waals surface area (Å²) in [6, 6.07) is 12.0. The van der Waals surface area contributed by atoms with Gasteiger partial charge in [-0.2, -0.15) is 4.37 Å². The summed E-state index contributed by atoms with van der Waals surface area (Å²) in [7, 11) is 0. The van der Waals surface area contributed by atoms with E-state index >= 15 is 0 Å². The van der Waals surface area contributed by atoms with Gasteiger partial charge in [0.1, 0.15) is 5.82 Å². The van der Waals surface area contributed by atoms with Crippen molar-refractivity contribution in [2.45, 2.75) is 0 Å². The Balaban J connectivity index is 1.95. The fraction of sp³-hybridized carbons (Fsp3) is 0.0714. The third-order valence-corrected chi connectivity index (χ3v) is 4.12. The van der Waals surface area contributed by atoms with Crippen LogP contribution in [0.15, 0.2) is 36.4 Å². The first-order chi connectivity index (χ1) is 9.33. The average molecular weight is 270 g/mol. The highest BCUT2D eigenvalue weighted by Crippen LogP contribution is 2.39. The van der Waals surface area contributed by atoms with Gasteiger partial charge < -0.3 is 15.2 Å². The van der Waals surface area contributed by atoms with E-state index < -0.39 is 0 Å². The highest BCUT2D eigenvalue weighted by Gasteiger charge is 2.15. The molecule has 2 aromatic carbocycles. The summed E-state index contributed by atoms with van der Waals surface area (Å²) in [5, 5.41) is 1.00. The van der Waals surface area contributed by atoms with E-state index in [0.29, 0.717) is 5.82 Å². The molecule has 4 nitrogen and oxygen atoms in total. The van der Waals surface area contributed by atoms with E-state index in [2.05, 4.69) is 10.4 Å². The maximum atomic E-state index is 5.87. The molecule has 19 heavy (non-hydrogen) atoms. The summed E-state index contributed by atoms with van der Waals surface area (Å²) in [5.41, 5.74) is 8.07. The van der Waals surface area contributed by atoms with Crippen LogP contribution in [0.3, 0.4) is 0 Å². The minimum absolute atomic E-state index is 0.288. The zero-order chi connectivity index (χ0) is 12.8. The number of hydrogen-bond acceptors (Lipinski definition) is 5. The SMILES string of the molecule is Nc1nsc2c(-c3ccc4c(c3)OCO4)cccc12. The fourth-order valence-corrected chi connectivity index (χ4v) is 3.12. The number of nitrogens with two attached hydrogens (primary N) is 1. The monoisotopic (exact) mass is 270 g/mol. The molecule has 1 aromatic heterocycles. The highest BCUT2D eigenvalue weighted by molar-refractivity contribution is 7.14. The Morgan fingerprint density at radius 3 is 2.95 bits per heavy atom. The number of ether oxygens (including phenoxy) is 2. The van der Waals surface area contributed by atoms with Gasteiger partial charge in [-0.1, -0.05) is 18.2 Å². The highest BCUT2D eigenvalue weighted by atomic mass is 32.1. The molecule has 0 saturated carbocycles. The minimum atomic E-state index is 0.288. The van der Waals surface area contributed by atoms with E-state index in [0.717, 1.165) is 32.7 Å². The molecule has 3 aromatic rings. The normalized spacial score (nSPS) is 13.1. The van der Waals surface area contributed by atoms with Gasteiger partial charge in [0, 0.05) is 10.9 Å². The molecule has 1 aliphatic rings. The zero-order valence-corrected chi connectivity index (χ0v) is 10.7. The van der Waals surface area contributed by atoms with Crippen LogP contribution in [0, 0.1) is 0 Å². The Bertz CT molecular complexity index is 782. The Morgan fingerprint density at radius 2 is 2.00 bits per heavy atom. The van der Waals surface area contributed by atoms with Crippen LogP contribution in [-0.2, 0) is 0 Å². The molecule has 2 heterocycles. The second-order valence-electron chi connectivity index (χ2n) is 4.32. The van der Waals surface area contributed by atoms with E-state index in [1.807, 2.05) is 30.3 Å². The van der Waals surface area contributed by atoms with Crippen molar-refractivity contribution in [3.05, 3.63) is 36.4 Å². The van der Waals surface area contributed by atoms with E-state index in [1.54, 1.807) is 0 Å². The van der Waals surface area contributed by atoms with Crippen LogP contribution in [0.5, 0.6) is 11.5 Å². The summed E-state index contributed by atoms with van der Waals surface area (Å²) in [6.45, 7) is 0.288. The first-order valence-electron chi connectivity index (χ1n) is 5.87. The van der Waals surface area contributed by atoms with Crippen LogP contribution in [0.25, 0.3) is 21.2 Å². The molecule has 0 unspecified atom stereocenters. The van der Waals surface area contributed by atoms with Crippen molar-refractivity contribution in [1.82, 2.24) is 4.37 Å². The fourth-order valence-electron chi connectivity index (χ4n) is 2.27. The average Bonchev–Trinajstić information content (AvgIpc) is 3.05. The van der Waals surface area contributed by atoms with Gasteiger partial charge in [-0.15, -0.1) is 0 Å². The van der Waals surface area contributed by atoms with E-state index in [4.69, 9.17) is 15.2 Å². The predicted molar refractivity (Wildman–Crippen MR) is 75.6 cm³/mol. The second kappa shape index (κ2) is 3.86. The summed E-state index contributed by atoms with van der Waals surface area (Å²) in [6.07, 6.45) is 0. The molecule has 4 rings (SSSR count). The number of nitrogens with zero attached hydrogens (tertiary/aromatic N) is 1. The molecule has 0 bridgehead atoms. The molecule has 0 saturated heterocycles. The lowest BCUT2D eigenvalue weighted by Crippen LogP contribution is -1.92. The lowest BCUT2D eigenvalue weighted by molar-refractivity contribution is 0.174. The molecule has 2 N–H and O–H groups in total. The van der Waals surface area contributed by atoms with E-state index in [9.17, 15) is 0 Å². The number of nitrogen functional groups attached to an aromatic ring is 1. The van der Waals surface area contributed by atoms with Gasteiger partial charge in [-0.3, -0.25) is 0 Å². The molecule has 5 heteroatoms. The molecule has 0 aliphatic carbocycles. The van der Waals surface area contributed by atoms with Gasteiger partial charge in [0.25, 0.3) is 0 Å². The lowest BCUT2D eigenvalue weighted by Gasteiger charge is -2.04. The molecule has 0 fully saturated rings. The van der Waals surface area contributed by atoms with Gasteiger partial charge in [0.2, 0.25) is 6.79 Å². The van der Waals surface area contributed by atoms with Crippen molar-refractivity contribution >= 4 is 27.4 Å². The van der Waals surface area contributed by atoms with Gasteiger partial charge in [0.15, 0.2) is 11.5 Å².